The van der Waals surface area contributed by atoms with Crippen LogP contribution in [0.5, 0.6) is 0 Å². The van der Waals surface area contributed by atoms with Crippen molar-refractivity contribution in [2.24, 2.45) is 11.7 Å². The number of rotatable bonds is 4. The minimum Gasteiger partial charge on any atom is -0.441 e. The molecule has 0 saturated carbocycles. The van der Waals surface area contributed by atoms with Crippen LogP contribution in [-0.4, -0.2) is 11.5 Å². The van der Waals surface area contributed by atoms with E-state index >= 15 is 0 Å². The summed E-state index contributed by atoms with van der Waals surface area (Å²) in [6, 6.07) is 2.74. The number of oxazole rings is 1. The van der Waals surface area contributed by atoms with E-state index in [4.69, 9.17) is 21.8 Å². The van der Waals surface area contributed by atoms with E-state index < -0.39 is 5.82 Å². The Kier molecular flexibility index (Phi) is 3.64. The molecule has 1 aromatic carbocycles. The number of nitrogens with zero attached hydrogens (tertiary/aromatic N) is 1. The van der Waals surface area contributed by atoms with Crippen LogP contribution in [0.3, 0.4) is 0 Å². The van der Waals surface area contributed by atoms with Crippen LogP contribution in [0.15, 0.2) is 16.5 Å². The highest BCUT2D eigenvalue weighted by atomic mass is 35.5. The number of halogens is 2. The minimum absolute atomic E-state index is 0.0585. The molecule has 0 spiro atoms. The monoisotopic (exact) mass is 256 g/mol. The van der Waals surface area contributed by atoms with Crippen molar-refractivity contribution in [2.75, 3.05) is 6.54 Å². The highest BCUT2D eigenvalue weighted by molar-refractivity contribution is 6.31. The summed E-state index contributed by atoms with van der Waals surface area (Å²) < 4.78 is 18.7. The average Bonchev–Trinajstić information content (AvgIpc) is 2.68. The molecule has 2 aromatic rings. The summed E-state index contributed by atoms with van der Waals surface area (Å²) in [7, 11) is 0. The van der Waals surface area contributed by atoms with E-state index in [1.807, 2.05) is 0 Å². The fourth-order valence-corrected chi connectivity index (χ4v) is 1.86. The largest absolute Gasteiger partial charge is 0.441 e. The lowest BCUT2D eigenvalue weighted by Crippen LogP contribution is -2.15. The third-order valence-corrected chi connectivity index (χ3v) is 3.14. The molecule has 2 N–H and O–H groups in total. The topological polar surface area (TPSA) is 52.0 Å². The van der Waals surface area contributed by atoms with Crippen LogP contribution in [0, 0.1) is 11.7 Å². The van der Waals surface area contributed by atoms with Crippen LogP contribution in [-0.2, 0) is 6.42 Å². The highest BCUT2D eigenvalue weighted by Crippen LogP contribution is 2.24. The molecule has 0 radical (unpaired) electrons. The second kappa shape index (κ2) is 5.02. The van der Waals surface area contributed by atoms with Crippen molar-refractivity contribution >= 4 is 22.7 Å². The van der Waals surface area contributed by atoms with Gasteiger partial charge in [-0.15, -0.1) is 0 Å². The second-order valence-electron chi connectivity index (χ2n) is 4.06. The fourth-order valence-electron chi connectivity index (χ4n) is 1.70. The normalized spacial score (nSPS) is 13.2. The third kappa shape index (κ3) is 2.58. The summed E-state index contributed by atoms with van der Waals surface area (Å²) in [5.41, 5.74) is 6.63. The first-order valence-electron chi connectivity index (χ1n) is 5.58. The molecule has 0 aliphatic rings. The quantitative estimate of drug-likeness (QED) is 0.914. The summed E-state index contributed by atoms with van der Waals surface area (Å²) in [5.74, 6) is 0.426. The average molecular weight is 257 g/mol. The van der Waals surface area contributed by atoms with Gasteiger partial charge in [0.25, 0.3) is 0 Å². The van der Waals surface area contributed by atoms with Gasteiger partial charge in [-0.1, -0.05) is 24.9 Å². The Morgan fingerprint density at radius 3 is 2.94 bits per heavy atom. The van der Waals surface area contributed by atoms with Gasteiger partial charge < -0.3 is 10.2 Å². The summed E-state index contributed by atoms with van der Waals surface area (Å²) in [6.07, 6.45) is 1.63. The number of aromatic nitrogens is 1. The molecule has 5 heteroatoms. The van der Waals surface area contributed by atoms with Gasteiger partial charge >= 0.3 is 0 Å². The Labute approximate surface area is 104 Å². The van der Waals surface area contributed by atoms with E-state index in [1.165, 1.54) is 12.1 Å². The van der Waals surface area contributed by atoms with Gasteiger partial charge in [-0.25, -0.2) is 9.37 Å². The van der Waals surface area contributed by atoms with E-state index in [0.717, 1.165) is 6.42 Å². The lowest BCUT2D eigenvalue weighted by atomic mass is 10.0. The Hall–Kier alpha value is -1.13. The van der Waals surface area contributed by atoms with E-state index in [2.05, 4.69) is 11.9 Å². The number of hydrogen-bond acceptors (Lipinski definition) is 3. The Morgan fingerprint density at radius 2 is 2.29 bits per heavy atom. The first kappa shape index (κ1) is 12.3. The maximum atomic E-state index is 13.2. The van der Waals surface area contributed by atoms with Gasteiger partial charge in [0.1, 0.15) is 11.3 Å². The molecular weight excluding hydrogens is 243 g/mol. The SMILES string of the molecule is CCC(CN)Cc1nc2cc(Cl)c(F)cc2o1. The molecule has 1 heterocycles. The van der Waals surface area contributed by atoms with Gasteiger partial charge in [0.15, 0.2) is 11.5 Å². The first-order valence-corrected chi connectivity index (χ1v) is 5.96. The summed E-state index contributed by atoms with van der Waals surface area (Å²) >= 11 is 5.68. The van der Waals surface area contributed by atoms with Crippen LogP contribution in [0.4, 0.5) is 4.39 Å². The van der Waals surface area contributed by atoms with Gasteiger partial charge in [-0.2, -0.15) is 0 Å². The van der Waals surface area contributed by atoms with Gasteiger partial charge in [-0.05, 0) is 18.5 Å². The van der Waals surface area contributed by atoms with Crippen molar-refractivity contribution in [2.45, 2.75) is 19.8 Å². The predicted molar refractivity (Wildman–Crippen MR) is 65.5 cm³/mol. The minimum atomic E-state index is -0.493. The number of fused-ring (bicyclic) bond motifs is 1. The van der Waals surface area contributed by atoms with Crippen molar-refractivity contribution < 1.29 is 8.81 Å². The van der Waals surface area contributed by atoms with Gasteiger partial charge in [0.05, 0.1) is 5.02 Å². The maximum absolute atomic E-state index is 13.2. The molecule has 0 aliphatic carbocycles. The zero-order valence-corrected chi connectivity index (χ0v) is 10.3. The maximum Gasteiger partial charge on any atom is 0.195 e. The third-order valence-electron chi connectivity index (χ3n) is 2.85. The fraction of sp³-hybridized carbons (Fsp3) is 0.417. The number of benzene rings is 1. The summed E-state index contributed by atoms with van der Waals surface area (Å²) in [6.45, 7) is 2.65. The number of hydrogen-bond donors (Lipinski definition) is 1. The lowest BCUT2D eigenvalue weighted by Gasteiger charge is -2.07. The van der Waals surface area contributed by atoms with Gasteiger partial charge in [0, 0.05) is 12.5 Å². The zero-order valence-electron chi connectivity index (χ0n) is 9.54. The summed E-state index contributed by atoms with van der Waals surface area (Å²) in [4.78, 5) is 4.28. The van der Waals surface area contributed by atoms with Gasteiger partial charge in [0.2, 0.25) is 0 Å². The molecule has 0 aliphatic heterocycles. The van der Waals surface area contributed by atoms with Crippen LogP contribution < -0.4 is 5.73 Å². The van der Waals surface area contributed by atoms with E-state index in [9.17, 15) is 4.39 Å². The summed E-state index contributed by atoms with van der Waals surface area (Å²) in [5, 5.41) is 0.0585. The Morgan fingerprint density at radius 1 is 1.53 bits per heavy atom. The highest BCUT2D eigenvalue weighted by Gasteiger charge is 2.13. The number of nitrogens with two attached hydrogens (primary N) is 1. The molecule has 1 atom stereocenters. The van der Waals surface area contributed by atoms with Crippen molar-refractivity contribution in [1.82, 2.24) is 4.98 Å². The molecule has 17 heavy (non-hydrogen) atoms. The van der Waals surface area contributed by atoms with Crippen LogP contribution in [0.25, 0.3) is 11.1 Å². The molecule has 0 bridgehead atoms. The lowest BCUT2D eigenvalue weighted by molar-refractivity contribution is 0.437. The molecular formula is C12H14ClFN2O. The van der Waals surface area contributed by atoms with Crippen molar-refractivity contribution in [3.8, 4) is 0 Å². The molecule has 0 fully saturated rings. The van der Waals surface area contributed by atoms with E-state index in [-0.39, 0.29) is 5.02 Å². The standard InChI is InChI=1S/C12H14ClFN2O/c1-2-7(6-15)3-12-16-10-4-8(13)9(14)5-11(10)17-12/h4-5,7H,2-3,6,15H2,1H3. The molecule has 3 nitrogen and oxygen atoms in total. The molecule has 92 valence electrons. The van der Waals surface area contributed by atoms with Crippen LogP contribution in [0.1, 0.15) is 19.2 Å². The van der Waals surface area contributed by atoms with Crippen molar-refractivity contribution in [1.29, 1.82) is 0 Å². The molecule has 0 amide bonds. The Balaban J connectivity index is 2.31. The molecule has 2 rings (SSSR count). The van der Waals surface area contributed by atoms with Gasteiger partial charge in [-0.3, -0.25) is 0 Å². The van der Waals surface area contributed by atoms with E-state index in [0.29, 0.717) is 35.9 Å². The zero-order chi connectivity index (χ0) is 12.4. The predicted octanol–water partition coefficient (Wildman–Crippen LogP) is 3.15. The van der Waals surface area contributed by atoms with Crippen molar-refractivity contribution in [3.63, 3.8) is 0 Å². The smallest absolute Gasteiger partial charge is 0.195 e. The molecule has 0 saturated heterocycles. The first-order chi connectivity index (χ1) is 8.13. The van der Waals surface area contributed by atoms with E-state index in [1.54, 1.807) is 0 Å². The molecule has 1 unspecified atom stereocenters. The van der Waals surface area contributed by atoms with Crippen LogP contribution >= 0.6 is 11.6 Å². The Bertz CT molecular complexity index is 483. The van der Waals surface area contributed by atoms with Crippen molar-refractivity contribution in [3.05, 3.63) is 28.9 Å². The van der Waals surface area contributed by atoms with Crippen LogP contribution in [0.2, 0.25) is 5.02 Å². The second-order valence-corrected chi connectivity index (χ2v) is 4.46. The molecule has 1 aromatic heterocycles.